The third-order valence-electron chi connectivity index (χ3n) is 3.62. The van der Waals surface area contributed by atoms with Crippen LogP contribution in [-0.2, 0) is 4.74 Å². The van der Waals surface area contributed by atoms with Crippen LogP contribution in [0.5, 0.6) is 5.75 Å². The molecule has 20 heavy (non-hydrogen) atoms. The van der Waals surface area contributed by atoms with Gasteiger partial charge in [0, 0.05) is 16.6 Å². The Balaban J connectivity index is 2.28. The quantitative estimate of drug-likeness (QED) is 0.845. The van der Waals surface area contributed by atoms with E-state index >= 15 is 0 Å². The molecule has 0 bridgehead atoms. The molecule has 112 valence electrons. The number of hydrogen-bond donors (Lipinski definition) is 1. The summed E-state index contributed by atoms with van der Waals surface area (Å²) in [4.78, 5) is 0. The summed E-state index contributed by atoms with van der Waals surface area (Å²) in [6, 6.07) is 6.41. The van der Waals surface area contributed by atoms with E-state index in [0.29, 0.717) is 6.61 Å². The summed E-state index contributed by atoms with van der Waals surface area (Å²) in [7, 11) is 0. The highest BCUT2D eigenvalue weighted by Crippen LogP contribution is 2.34. The molecule has 2 atom stereocenters. The van der Waals surface area contributed by atoms with Crippen molar-refractivity contribution in [1.82, 2.24) is 5.32 Å². The van der Waals surface area contributed by atoms with Gasteiger partial charge in [0.2, 0.25) is 0 Å². The summed E-state index contributed by atoms with van der Waals surface area (Å²) >= 11 is 3.57. The highest BCUT2D eigenvalue weighted by atomic mass is 79.9. The topological polar surface area (TPSA) is 30.5 Å². The average Bonchev–Trinajstić information content (AvgIpc) is 2.48. The first kappa shape index (κ1) is 15.8. The predicted octanol–water partition coefficient (Wildman–Crippen LogP) is 4.07. The zero-order valence-corrected chi connectivity index (χ0v) is 13.9. The van der Waals surface area contributed by atoms with Crippen LogP contribution in [0.2, 0.25) is 0 Å². The zero-order valence-electron chi connectivity index (χ0n) is 12.3. The van der Waals surface area contributed by atoms with Crippen molar-refractivity contribution in [2.75, 3.05) is 19.8 Å². The number of halogens is 1. The molecule has 0 aliphatic carbocycles. The standard InChI is InChI=1S/C16H24BrNO2/c1-3-18-16(15-7-5-6-10-20-15)13-11-12(17)8-9-14(13)19-4-2/h8-9,11,15-16,18H,3-7,10H2,1-2H3. The molecule has 0 saturated carbocycles. The van der Waals surface area contributed by atoms with Crippen molar-refractivity contribution < 1.29 is 9.47 Å². The Hall–Kier alpha value is -0.580. The van der Waals surface area contributed by atoms with E-state index in [4.69, 9.17) is 9.47 Å². The lowest BCUT2D eigenvalue weighted by atomic mass is 9.95. The minimum absolute atomic E-state index is 0.194. The van der Waals surface area contributed by atoms with E-state index in [1.165, 1.54) is 18.4 Å². The molecule has 0 aromatic heterocycles. The van der Waals surface area contributed by atoms with Crippen molar-refractivity contribution in [3.05, 3.63) is 28.2 Å². The van der Waals surface area contributed by atoms with Gasteiger partial charge in [-0.2, -0.15) is 0 Å². The third-order valence-corrected chi connectivity index (χ3v) is 4.11. The maximum Gasteiger partial charge on any atom is 0.124 e. The van der Waals surface area contributed by atoms with Gasteiger partial charge in [0.05, 0.1) is 18.8 Å². The maximum atomic E-state index is 5.99. The molecule has 1 saturated heterocycles. The smallest absolute Gasteiger partial charge is 0.124 e. The molecule has 2 unspecified atom stereocenters. The summed E-state index contributed by atoms with van der Waals surface area (Å²) < 4.78 is 12.9. The molecule has 2 rings (SSSR count). The van der Waals surface area contributed by atoms with Gasteiger partial charge in [-0.1, -0.05) is 22.9 Å². The first-order chi connectivity index (χ1) is 9.76. The van der Waals surface area contributed by atoms with Gasteiger partial charge in [0.25, 0.3) is 0 Å². The van der Waals surface area contributed by atoms with Gasteiger partial charge in [0.1, 0.15) is 5.75 Å². The number of nitrogens with one attached hydrogen (secondary N) is 1. The number of benzene rings is 1. The molecule has 1 heterocycles. The van der Waals surface area contributed by atoms with Gasteiger partial charge in [-0.3, -0.25) is 0 Å². The summed E-state index contributed by atoms with van der Waals surface area (Å²) in [5, 5.41) is 3.57. The molecule has 0 spiro atoms. The van der Waals surface area contributed by atoms with Gasteiger partial charge >= 0.3 is 0 Å². The molecule has 1 aromatic rings. The highest BCUT2D eigenvalue weighted by molar-refractivity contribution is 9.10. The number of rotatable bonds is 6. The van der Waals surface area contributed by atoms with Crippen molar-refractivity contribution in [1.29, 1.82) is 0 Å². The van der Waals surface area contributed by atoms with E-state index in [1.54, 1.807) is 0 Å². The molecule has 1 aliphatic rings. The normalized spacial score (nSPS) is 20.6. The van der Waals surface area contributed by atoms with E-state index < -0.39 is 0 Å². The Labute approximate surface area is 130 Å². The fourth-order valence-electron chi connectivity index (χ4n) is 2.74. The van der Waals surface area contributed by atoms with Crippen molar-refractivity contribution >= 4 is 15.9 Å². The van der Waals surface area contributed by atoms with E-state index in [0.717, 1.165) is 29.8 Å². The second kappa shape index (κ2) is 8.01. The van der Waals surface area contributed by atoms with Crippen LogP contribution in [0.1, 0.15) is 44.7 Å². The Morgan fingerprint density at radius 1 is 1.40 bits per heavy atom. The second-order valence-corrected chi connectivity index (χ2v) is 5.97. The fraction of sp³-hybridized carbons (Fsp3) is 0.625. The molecule has 4 heteroatoms. The van der Waals surface area contributed by atoms with Crippen LogP contribution in [-0.4, -0.2) is 25.9 Å². The van der Waals surface area contributed by atoms with E-state index in [-0.39, 0.29) is 12.1 Å². The summed E-state index contributed by atoms with van der Waals surface area (Å²) in [6.07, 6.45) is 3.75. The Morgan fingerprint density at radius 3 is 2.90 bits per heavy atom. The Bertz CT molecular complexity index is 419. The van der Waals surface area contributed by atoms with Gasteiger partial charge in [0.15, 0.2) is 0 Å². The molecule has 1 N–H and O–H groups in total. The molecule has 1 aromatic carbocycles. The molecular formula is C16H24BrNO2. The van der Waals surface area contributed by atoms with Gasteiger partial charge in [-0.15, -0.1) is 0 Å². The lowest BCUT2D eigenvalue weighted by molar-refractivity contribution is -0.00839. The molecule has 3 nitrogen and oxygen atoms in total. The predicted molar refractivity (Wildman–Crippen MR) is 85.3 cm³/mol. The maximum absolute atomic E-state index is 5.99. The SMILES string of the molecule is CCNC(c1cc(Br)ccc1OCC)C1CCCCO1. The van der Waals surface area contributed by atoms with Gasteiger partial charge < -0.3 is 14.8 Å². The van der Waals surface area contributed by atoms with Crippen LogP contribution < -0.4 is 10.1 Å². The summed E-state index contributed by atoms with van der Waals surface area (Å²) in [5.41, 5.74) is 1.19. The molecular weight excluding hydrogens is 318 g/mol. The van der Waals surface area contributed by atoms with E-state index in [1.807, 2.05) is 19.1 Å². The number of hydrogen-bond acceptors (Lipinski definition) is 3. The number of ether oxygens (including phenoxy) is 2. The van der Waals surface area contributed by atoms with Crippen molar-refractivity contribution in [3.8, 4) is 5.75 Å². The highest BCUT2D eigenvalue weighted by Gasteiger charge is 2.27. The van der Waals surface area contributed by atoms with E-state index in [9.17, 15) is 0 Å². The van der Waals surface area contributed by atoms with Crippen LogP contribution in [0.3, 0.4) is 0 Å². The molecule has 0 amide bonds. The van der Waals surface area contributed by atoms with Crippen LogP contribution in [0.4, 0.5) is 0 Å². The van der Waals surface area contributed by atoms with Crippen molar-refractivity contribution in [3.63, 3.8) is 0 Å². The van der Waals surface area contributed by atoms with Crippen LogP contribution in [0.25, 0.3) is 0 Å². The second-order valence-electron chi connectivity index (χ2n) is 5.06. The summed E-state index contributed by atoms with van der Waals surface area (Å²) in [5.74, 6) is 0.954. The van der Waals surface area contributed by atoms with Gasteiger partial charge in [-0.25, -0.2) is 0 Å². The lowest BCUT2D eigenvalue weighted by Gasteiger charge is -2.32. The summed E-state index contributed by atoms with van der Waals surface area (Å²) in [6.45, 7) is 6.62. The average molecular weight is 342 g/mol. The van der Waals surface area contributed by atoms with Crippen LogP contribution in [0.15, 0.2) is 22.7 Å². The zero-order chi connectivity index (χ0) is 14.4. The molecule has 1 aliphatic heterocycles. The molecule has 1 fully saturated rings. The van der Waals surface area contributed by atoms with Gasteiger partial charge in [-0.05, 0) is 50.9 Å². The first-order valence-corrected chi connectivity index (χ1v) is 8.32. The minimum Gasteiger partial charge on any atom is -0.494 e. The third kappa shape index (κ3) is 3.96. The van der Waals surface area contributed by atoms with Crippen LogP contribution in [0, 0.1) is 0 Å². The van der Waals surface area contributed by atoms with Crippen molar-refractivity contribution in [2.45, 2.75) is 45.3 Å². The Kier molecular flexibility index (Phi) is 6.33. The minimum atomic E-state index is 0.194. The monoisotopic (exact) mass is 341 g/mol. The largest absolute Gasteiger partial charge is 0.494 e. The van der Waals surface area contributed by atoms with Crippen LogP contribution >= 0.6 is 15.9 Å². The Morgan fingerprint density at radius 2 is 2.25 bits per heavy atom. The van der Waals surface area contributed by atoms with Crippen molar-refractivity contribution in [2.24, 2.45) is 0 Å². The van der Waals surface area contributed by atoms with E-state index in [2.05, 4.69) is 34.2 Å². The lowest BCUT2D eigenvalue weighted by Crippen LogP contribution is -2.36. The number of likely N-dealkylation sites (N-methyl/N-ethyl adjacent to an activating group) is 1. The molecule has 0 radical (unpaired) electrons. The fourth-order valence-corrected chi connectivity index (χ4v) is 3.12. The first-order valence-electron chi connectivity index (χ1n) is 7.53.